The third-order valence-electron chi connectivity index (χ3n) is 3.30. The van der Waals surface area contributed by atoms with Crippen molar-refractivity contribution in [2.45, 2.75) is 58.2 Å². The fourth-order valence-electron chi connectivity index (χ4n) is 2.30. The molecular formula is C15H26FN. The second-order valence-corrected chi connectivity index (χ2v) is 4.86. The van der Waals surface area contributed by atoms with Crippen molar-refractivity contribution in [1.29, 1.82) is 0 Å². The maximum atomic E-state index is 14.7. The Morgan fingerprint density at radius 3 is 2.47 bits per heavy atom. The lowest BCUT2D eigenvalue weighted by molar-refractivity contribution is 0.00868. The minimum absolute atomic E-state index is 0.497. The fourth-order valence-corrected chi connectivity index (χ4v) is 2.30. The summed E-state index contributed by atoms with van der Waals surface area (Å²) in [5.74, 6) is -1.24. The Hall–Kier alpha value is -0.630. The lowest BCUT2D eigenvalue weighted by Gasteiger charge is -2.35. The second kappa shape index (κ2) is 7.65. The second-order valence-electron chi connectivity index (χ2n) is 4.86. The largest absolute Gasteiger partial charge is 0.268 e. The molecule has 17 heavy (non-hydrogen) atoms. The predicted octanol–water partition coefficient (Wildman–Crippen LogP) is 4.46. The summed E-state index contributed by atoms with van der Waals surface area (Å²) in [4.78, 5) is 2.00. The van der Waals surface area contributed by atoms with Crippen LogP contribution in [0.4, 0.5) is 4.39 Å². The molecule has 0 saturated heterocycles. The molecule has 2 heteroatoms. The van der Waals surface area contributed by atoms with Crippen molar-refractivity contribution < 1.29 is 4.39 Å². The van der Waals surface area contributed by atoms with E-state index in [9.17, 15) is 4.39 Å². The van der Waals surface area contributed by atoms with Crippen molar-refractivity contribution in [3.63, 3.8) is 0 Å². The van der Waals surface area contributed by atoms with Crippen molar-refractivity contribution in [2.75, 3.05) is 13.1 Å². The Kier molecular flexibility index (Phi) is 6.49. The lowest BCUT2D eigenvalue weighted by atomic mass is 10.0. The SMILES string of the molecule is CCCCCCN(CCC)C1(F)C=CC=CC1. The molecule has 1 atom stereocenters. The van der Waals surface area contributed by atoms with E-state index < -0.39 is 5.79 Å². The molecule has 1 unspecified atom stereocenters. The normalized spacial score (nSPS) is 23.5. The molecule has 1 nitrogen and oxygen atoms in total. The van der Waals surface area contributed by atoms with E-state index in [1.165, 1.54) is 19.3 Å². The number of hydrogen-bond acceptors (Lipinski definition) is 1. The highest BCUT2D eigenvalue weighted by molar-refractivity contribution is 5.17. The van der Waals surface area contributed by atoms with Gasteiger partial charge < -0.3 is 0 Å². The molecule has 0 aliphatic heterocycles. The average molecular weight is 239 g/mol. The van der Waals surface area contributed by atoms with E-state index in [1.807, 2.05) is 23.1 Å². The number of hydrogen-bond donors (Lipinski definition) is 0. The molecule has 0 spiro atoms. The first-order chi connectivity index (χ1) is 8.23. The summed E-state index contributed by atoms with van der Waals surface area (Å²) in [6.45, 7) is 6.04. The number of halogens is 1. The molecule has 0 heterocycles. The van der Waals surface area contributed by atoms with Crippen LogP contribution >= 0.6 is 0 Å². The highest BCUT2D eigenvalue weighted by atomic mass is 19.1. The Labute approximate surface area is 105 Å². The topological polar surface area (TPSA) is 3.24 Å². The van der Waals surface area contributed by atoms with Crippen molar-refractivity contribution in [3.8, 4) is 0 Å². The van der Waals surface area contributed by atoms with Crippen LogP contribution in [0.25, 0.3) is 0 Å². The minimum atomic E-state index is -1.24. The van der Waals surface area contributed by atoms with Gasteiger partial charge in [0.25, 0.3) is 0 Å². The summed E-state index contributed by atoms with van der Waals surface area (Å²) in [6.07, 6.45) is 13.7. The molecule has 1 rings (SSSR count). The van der Waals surface area contributed by atoms with Crippen LogP contribution in [-0.2, 0) is 0 Å². The van der Waals surface area contributed by atoms with Gasteiger partial charge in [-0.2, -0.15) is 0 Å². The summed E-state index contributed by atoms with van der Waals surface area (Å²) < 4.78 is 14.7. The van der Waals surface area contributed by atoms with E-state index >= 15 is 0 Å². The van der Waals surface area contributed by atoms with Crippen LogP contribution in [0, 0.1) is 0 Å². The smallest absolute Gasteiger partial charge is 0.186 e. The van der Waals surface area contributed by atoms with Crippen LogP contribution in [0.5, 0.6) is 0 Å². The first-order valence-corrected chi connectivity index (χ1v) is 7.01. The van der Waals surface area contributed by atoms with Gasteiger partial charge in [-0.15, -0.1) is 0 Å². The highest BCUT2D eigenvalue weighted by Crippen LogP contribution is 2.27. The Morgan fingerprint density at radius 1 is 1.06 bits per heavy atom. The summed E-state index contributed by atoms with van der Waals surface area (Å²) in [6, 6.07) is 0. The molecule has 0 aromatic carbocycles. The molecule has 1 aliphatic carbocycles. The summed E-state index contributed by atoms with van der Waals surface area (Å²) >= 11 is 0. The molecule has 0 fully saturated rings. The summed E-state index contributed by atoms with van der Waals surface area (Å²) in [5.41, 5.74) is 0. The van der Waals surface area contributed by atoms with Crippen molar-refractivity contribution in [3.05, 3.63) is 24.3 Å². The van der Waals surface area contributed by atoms with Gasteiger partial charge in [0.1, 0.15) is 0 Å². The summed E-state index contributed by atoms with van der Waals surface area (Å²) in [7, 11) is 0. The first kappa shape index (κ1) is 14.4. The van der Waals surface area contributed by atoms with E-state index in [4.69, 9.17) is 0 Å². The van der Waals surface area contributed by atoms with Gasteiger partial charge in [-0.25, -0.2) is 4.39 Å². The van der Waals surface area contributed by atoms with Crippen LogP contribution in [-0.4, -0.2) is 23.8 Å². The Bertz CT molecular complexity index is 260. The van der Waals surface area contributed by atoms with Gasteiger partial charge in [-0.3, -0.25) is 4.90 Å². The molecule has 0 aromatic rings. The van der Waals surface area contributed by atoms with Gasteiger partial charge in [0.2, 0.25) is 0 Å². The molecule has 0 N–H and O–H groups in total. The highest BCUT2D eigenvalue weighted by Gasteiger charge is 2.32. The van der Waals surface area contributed by atoms with Crippen LogP contribution in [0.1, 0.15) is 52.4 Å². The zero-order valence-corrected chi connectivity index (χ0v) is 11.3. The molecule has 0 saturated carbocycles. The van der Waals surface area contributed by atoms with Crippen LogP contribution in [0.15, 0.2) is 24.3 Å². The zero-order valence-electron chi connectivity index (χ0n) is 11.3. The van der Waals surface area contributed by atoms with Crippen molar-refractivity contribution >= 4 is 0 Å². The van der Waals surface area contributed by atoms with E-state index in [0.717, 1.165) is 25.9 Å². The van der Waals surface area contributed by atoms with E-state index in [1.54, 1.807) is 6.08 Å². The number of unbranched alkanes of at least 4 members (excludes halogenated alkanes) is 3. The number of rotatable bonds is 8. The Balaban J connectivity index is 2.46. The van der Waals surface area contributed by atoms with E-state index in [-0.39, 0.29) is 0 Å². The van der Waals surface area contributed by atoms with Gasteiger partial charge in [-0.1, -0.05) is 51.3 Å². The van der Waals surface area contributed by atoms with Gasteiger partial charge >= 0.3 is 0 Å². The molecule has 1 aliphatic rings. The fraction of sp³-hybridized carbons (Fsp3) is 0.733. The van der Waals surface area contributed by atoms with Crippen LogP contribution in [0.2, 0.25) is 0 Å². The van der Waals surface area contributed by atoms with Crippen molar-refractivity contribution in [1.82, 2.24) is 4.90 Å². The van der Waals surface area contributed by atoms with E-state index in [0.29, 0.717) is 6.42 Å². The number of nitrogens with zero attached hydrogens (tertiary/aromatic N) is 1. The monoisotopic (exact) mass is 239 g/mol. The van der Waals surface area contributed by atoms with Crippen molar-refractivity contribution in [2.24, 2.45) is 0 Å². The zero-order chi connectivity index (χ0) is 12.6. The van der Waals surface area contributed by atoms with E-state index in [2.05, 4.69) is 13.8 Å². The third kappa shape index (κ3) is 4.63. The van der Waals surface area contributed by atoms with Gasteiger partial charge in [-0.05, 0) is 18.9 Å². The average Bonchev–Trinajstić information content (AvgIpc) is 2.34. The molecule has 0 amide bonds. The van der Waals surface area contributed by atoms with Gasteiger partial charge in [0.15, 0.2) is 5.79 Å². The number of alkyl halides is 1. The minimum Gasteiger partial charge on any atom is -0.268 e. The summed E-state index contributed by atoms with van der Waals surface area (Å²) in [5, 5.41) is 0. The first-order valence-electron chi connectivity index (χ1n) is 7.01. The quantitative estimate of drug-likeness (QED) is 0.446. The standard InChI is InChI=1S/C15H26FN/c1-3-5-6-10-14-17(13-4-2)15(16)11-8-7-9-12-15/h7-9,11H,3-6,10,12-14H2,1-2H3. The van der Waals surface area contributed by atoms with Gasteiger partial charge in [0.05, 0.1) is 0 Å². The predicted molar refractivity (Wildman–Crippen MR) is 72.7 cm³/mol. The Morgan fingerprint density at radius 2 is 1.88 bits per heavy atom. The third-order valence-corrected chi connectivity index (χ3v) is 3.30. The molecule has 0 aromatic heterocycles. The maximum Gasteiger partial charge on any atom is 0.186 e. The number of allylic oxidation sites excluding steroid dienone is 2. The maximum absolute atomic E-state index is 14.7. The van der Waals surface area contributed by atoms with Gasteiger partial charge in [0, 0.05) is 19.5 Å². The van der Waals surface area contributed by atoms with Crippen LogP contribution in [0.3, 0.4) is 0 Å². The molecule has 98 valence electrons. The van der Waals surface area contributed by atoms with Crippen LogP contribution < -0.4 is 0 Å². The molecule has 0 bridgehead atoms. The molecule has 0 radical (unpaired) electrons. The molecular weight excluding hydrogens is 213 g/mol. The lowest BCUT2D eigenvalue weighted by Crippen LogP contribution is -2.45.